The molecule has 2 aliphatic rings. The van der Waals surface area contributed by atoms with Crippen molar-refractivity contribution in [2.45, 2.75) is 25.0 Å². The Morgan fingerprint density at radius 1 is 1.21 bits per heavy atom. The van der Waals surface area contributed by atoms with E-state index in [4.69, 9.17) is 19.0 Å². The summed E-state index contributed by atoms with van der Waals surface area (Å²) in [6.45, 7) is 2.35. The molecule has 0 unspecified atom stereocenters. The molecule has 2 aliphatic heterocycles. The zero-order chi connectivity index (χ0) is 20.5. The molecule has 0 bridgehead atoms. The molecule has 0 aliphatic carbocycles. The first-order valence-corrected chi connectivity index (χ1v) is 9.61. The van der Waals surface area contributed by atoms with Crippen LogP contribution in [0, 0.1) is 0 Å². The highest BCUT2D eigenvalue weighted by atomic mass is 16.7. The second-order valence-electron chi connectivity index (χ2n) is 6.93. The number of hydrogen-bond donors (Lipinski definition) is 2. The highest BCUT2D eigenvalue weighted by molar-refractivity contribution is 5.77. The summed E-state index contributed by atoms with van der Waals surface area (Å²) in [6, 6.07) is 9.57. The van der Waals surface area contributed by atoms with Crippen LogP contribution in [0.1, 0.15) is 18.4 Å². The number of benzene rings is 1. The number of methoxy groups -OCH3 is 1. The highest BCUT2D eigenvalue weighted by Crippen LogP contribution is 2.32. The van der Waals surface area contributed by atoms with Gasteiger partial charge in [-0.05, 0) is 5.56 Å². The smallest absolute Gasteiger partial charge is 0.392 e. The predicted octanol–water partition coefficient (Wildman–Crippen LogP) is 1.31. The Bertz CT molecular complexity index is 716. The van der Waals surface area contributed by atoms with Crippen LogP contribution in [0.4, 0.5) is 4.79 Å². The lowest BCUT2D eigenvalue weighted by atomic mass is 9.91. The number of ether oxygens (including phenoxy) is 3. The molecule has 0 aromatic heterocycles. The third kappa shape index (κ3) is 6.18. The van der Waals surface area contributed by atoms with Crippen LogP contribution in [0.5, 0.6) is 0 Å². The lowest BCUT2D eigenvalue weighted by Crippen LogP contribution is -2.47. The number of rotatable bonds is 8. The van der Waals surface area contributed by atoms with Gasteiger partial charge in [0, 0.05) is 45.7 Å². The van der Waals surface area contributed by atoms with Crippen LogP contribution in [0.25, 0.3) is 0 Å². The van der Waals surface area contributed by atoms with Gasteiger partial charge in [-0.1, -0.05) is 30.3 Å². The summed E-state index contributed by atoms with van der Waals surface area (Å²) in [5.74, 6) is 0.209. The Kier molecular flexibility index (Phi) is 7.45. The van der Waals surface area contributed by atoms with Crippen molar-refractivity contribution >= 4 is 12.0 Å². The van der Waals surface area contributed by atoms with Crippen LogP contribution in [0.3, 0.4) is 0 Å². The number of nitrogens with zero attached hydrogens (tertiary/aromatic N) is 1. The zero-order valence-electron chi connectivity index (χ0n) is 16.5. The summed E-state index contributed by atoms with van der Waals surface area (Å²) >= 11 is 0. The second kappa shape index (κ2) is 10.2. The predicted molar refractivity (Wildman–Crippen MR) is 103 cm³/mol. The summed E-state index contributed by atoms with van der Waals surface area (Å²) in [5.41, 5.74) is 3.07. The molecule has 158 valence electrons. The Morgan fingerprint density at radius 2 is 1.97 bits per heavy atom. The molecule has 1 aromatic carbocycles. The summed E-state index contributed by atoms with van der Waals surface area (Å²) < 4.78 is 15.4. The molecule has 1 spiro atoms. The molecule has 0 radical (unpaired) electrons. The fraction of sp³-hybridized carbons (Fsp3) is 0.500. The van der Waals surface area contributed by atoms with Crippen LogP contribution in [-0.4, -0.2) is 62.5 Å². The van der Waals surface area contributed by atoms with Crippen LogP contribution >= 0.6 is 0 Å². The molecule has 1 aromatic rings. The third-order valence-corrected chi connectivity index (χ3v) is 4.85. The van der Waals surface area contributed by atoms with Gasteiger partial charge in [-0.2, -0.15) is 0 Å². The Hall–Kier alpha value is -2.62. The number of hydrogen-bond acceptors (Lipinski definition) is 7. The van der Waals surface area contributed by atoms with Crippen molar-refractivity contribution in [1.29, 1.82) is 0 Å². The molecule has 9 nitrogen and oxygen atoms in total. The fourth-order valence-electron chi connectivity index (χ4n) is 3.18. The van der Waals surface area contributed by atoms with E-state index in [9.17, 15) is 9.59 Å². The SMILES string of the molecule is COCCOCC(=O)N1CCC2(C=C(OC(=O)NCc3ccccc3)NO2)CC1. The van der Waals surface area contributed by atoms with E-state index in [-0.39, 0.29) is 18.4 Å². The maximum Gasteiger partial charge on any atom is 0.414 e. The Balaban J connectivity index is 1.41. The van der Waals surface area contributed by atoms with Crippen LogP contribution in [0.15, 0.2) is 42.3 Å². The van der Waals surface area contributed by atoms with Gasteiger partial charge >= 0.3 is 6.09 Å². The molecule has 2 amide bonds. The number of likely N-dealkylation sites (tertiary alicyclic amines) is 1. The molecule has 2 heterocycles. The van der Waals surface area contributed by atoms with Crippen molar-refractivity contribution in [3.05, 3.63) is 47.9 Å². The summed E-state index contributed by atoms with van der Waals surface area (Å²) in [7, 11) is 1.59. The summed E-state index contributed by atoms with van der Waals surface area (Å²) in [6.07, 6.45) is 2.41. The molecule has 0 saturated carbocycles. The number of amides is 2. The normalized spacial score (nSPS) is 17.6. The lowest BCUT2D eigenvalue weighted by Gasteiger charge is -2.36. The van der Waals surface area contributed by atoms with Gasteiger partial charge in [0.2, 0.25) is 11.8 Å². The Morgan fingerprint density at radius 3 is 2.69 bits per heavy atom. The number of nitrogens with one attached hydrogen (secondary N) is 2. The minimum absolute atomic E-state index is 0.0429. The first-order valence-electron chi connectivity index (χ1n) is 9.61. The van der Waals surface area contributed by atoms with Gasteiger partial charge in [0.25, 0.3) is 0 Å². The maximum atomic E-state index is 12.2. The largest absolute Gasteiger partial charge is 0.414 e. The van der Waals surface area contributed by atoms with Crippen molar-refractivity contribution in [3.63, 3.8) is 0 Å². The lowest BCUT2D eigenvalue weighted by molar-refractivity contribution is -0.142. The van der Waals surface area contributed by atoms with Gasteiger partial charge in [0.15, 0.2) is 0 Å². The average Bonchev–Trinajstić information content (AvgIpc) is 3.12. The molecule has 9 heteroatoms. The minimum atomic E-state index is -0.581. The molecule has 0 atom stereocenters. The number of carbonyl (C=O) groups is 2. The molecule has 29 heavy (non-hydrogen) atoms. The molecule has 2 N–H and O–H groups in total. The number of carbonyl (C=O) groups excluding carboxylic acids is 2. The van der Waals surface area contributed by atoms with Crippen molar-refractivity contribution in [3.8, 4) is 0 Å². The van der Waals surface area contributed by atoms with E-state index in [1.807, 2.05) is 30.3 Å². The minimum Gasteiger partial charge on any atom is -0.392 e. The summed E-state index contributed by atoms with van der Waals surface area (Å²) in [4.78, 5) is 31.6. The summed E-state index contributed by atoms with van der Waals surface area (Å²) in [5, 5.41) is 2.69. The van der Waals surface area contributed by atoms with Crippen molar-refractivity contribution < 1.29 is 28.6 Å². The molecular weight excluding hydrogens is 378 g/mol. The first kappa shape index (κ1) is 21.1. The second-order valence-corrected chi connectivity index (χ2v) is 6.93. The van der Waals surface area contributed by atoms with Gasteiger partial charge in [-0.25, -0.2) is 10.3 Å². The van der Waals surface area contributed by atoms with Gasteiger partial charge in [0.05, 0.1) is 13.2 Å². The standard InChI is InChI=1S/C20H27N3O6/c1-26-11-12-27-15-18(24)23-9-7-20(8-10-23)13-17(22-29-20)28-19(25)21-14-16-5-3-2-4-6-16/h2-6,13,22H,7-12,14-15H2,1H3,(H,21,25). The molecule has 1 fully saturated rings. The van der Waals surface area contributed by atoms with Crippen molar-refractivity contribution in [1.82, 2.24) is 15.7 Å². The quantitative estimate of drug-likeness (QED) is 0.630. The van der Waals surface area contributed by atoms with E-state index in [0.29, 0.717) is 45.7 Å². The van der Waals surface area contributed by atoms with Gasteiger partial charge in [0.1, 0.15) is 12.2 Å². The highest BCUT2D eigenvalue weighted by Gasteiger charge is 2.40. The average molecular weight is 405 g/mol. The van der Waals surface area contributed by atoms with E-state index >= 15 is 0 Å². The van der Waals surface area contributed by atoms with E-state index in [1.165, 1.54) is 0 Å². The van der Waals surface area contributed by atoms with Crippen LogP contribution < -0.4 is 10.8 Å². The van der Waals surface area contributed by atoms with E-state index in [1.54, 1.807) is 18.1 Å². The van der Waals surface area contributed by atoms with Gasteiger partial charge in [-0.15, -0.1) is 0 Å². The van der Waals surface area contributed by atoms with E-state index in [0.717, 1.165) is 5.56 Å². The van der Waals surface area contributed by atoms with E-state index < -0.39 is 11.7 Å². The topological polar surface area (TPSA) is 98.4 Å². The van der Waals surface area contributed by atoms with Crippen LogP contribution in [-0.2, 0) is 30.4 Å². The van der Waals surface area contributed by atoms with Crippen molar-refractivity contribution in [2.24, 2.45) is 0 Å². The molecule has 3 rings (SSSR count). The number of alkyl carbamates (subject to hydrolysis) is 1. The van der Waals surface area contributed by atoms with Crippen molar-refractivity contribution in [2.75, 3.05) is 40.0 Å². The maximum absolute atomic E-state index is 12.2. The molecular formula is C20H27N3O6. The fourth-order valence-corrected chi connectivity index (χ4v) is 3.18. The van der Waals surface area contributed by atoms with Gasteiger partial charge in [-0.3, -0.25) is 9.63 Å². The first-order chi connectivity index (χ1) is 14.1. The molecule has 1 saturated heterocycles. The number of hydroxylamine groups is 1. The third-order valence-electron chi connectivity index (χ3n) is 4.85. The zero-order valence-corrected chi connectivity index (χ0v) is 16.5. The van der Waals surface area contributed by atoms with Gasteiger partial charge < -0.3 is 24.4 Å². The Labute approximate surface area is 169 Å². The van der Waals surface area contributed by atoms with Crippen LogP contribution in [0.2, 0.25) is 0 Å². The number of piperidine rings is 1. The van der Waals surface area contributed by atoms with E-state index in [2.05, 4.69) is 10.8 Å². The monoisotopic (exact) mass is 405 g/mol.